The first-order chi connectivity index (χ1) is 6.13. The van der Waals surface area contributed by atoms with Crippen LogP contribution in [-0.2, 0) is 0 Å². The van der Waals surface area contributed by atoms with E-state index in [2.05, 4.69) is 16.5 Å². The Hall–Kier alpha value is -1.78. The largest absolute Gasteiger partial charge is 0.383 e. The Morgan fingerprint density at radius 1 is 1.54 bits per heavy atom. The zero-order chi connectivity index (χ0) is 9.84. The van der Waals surface area contributed by atoms with E-state index in [9.17, 15) is 0 Å². The SMILES string of the molecule is C=CCN(C)c1cc(N)nc(N)n1. The zero-order valence-corrected chi connectivity index (χ0v) is 7.57. The van der Waals surface area contributed by atoms with Gasteiger partial charge in [-0.2, -0.15) is 9.97 Å². The molecule has 0 aliphatic rings. The van der Waals surface area contributed by atoms with Crippen molar-refractivity contribution in [2.45, 2.75) is 0 Å². The molecule has 0 unspecified atom stereocenters. The fourth-order valence-electron chi connectivity index (χ4n) is 0.954. The Balaban J connectivity index is 2.93. The lowest BCUT2D eigenvalue weighted by Crippen LogP contribution is -2.19. The average molecular weight is 179 g/mol. The van der Waals surface area contributed by atoms with E-state index in [1.54, 1.807) is 12.1 Å². The van der Waals surface area contributed by atoms with Crippen LogP contribution in [0.2, 0.25) is 0 Å². The molecular weight excluding hydrogens is 166 g/mol. The molecular formula is C8H13N5. The van der Waals surface area contributed by atoms with Crippen LogP contribution in [0.1, 0.15) is 0 Å². The van der Waals surface area contributed by atoms with Crippen LogP contribution in [0.4, 0.5) is 17.6 Å². The van der Waals surface area contributed by atoms with Gasteiger partial charge in [-0.05, 0) is 0 Å². The second kappa shape index (κ2) is 3.75. The summed E-state index contributed by atoms with van der Waals surface area (Å²) < 4.78 is 0. The Morgan fingerprint density at radius 3 is 2.77 bits per heavy atom. The summed E-state index contributed by atoms with van der Waals surface area (Å²) in [5.74, 6) is 1.26. The van der Waals surface area contributed by atoms with Crippen molar-refractivity contribution in [2.24, 2.45) is 0 Å². The van der Waals surface area contributed by atoms with Gasteiger partial charge in [0, 0.05) is 19.7 Å². The molecule has 1 aromatic rings. The fourth-order valence-corrected chi connectivity index (χ4v) is 0.954. The Morgan fingerprint density at radius 2 is 2.23 bits per heavy atom. The van der Waals surface area contributed by atoms with Gasteiger partial charge in [-0.25, -0.2) is 0 Å². The molecule has 0 saturated heterocycles. The first kappa shape index (κ1) is 9.31. The minimum Gasteiger partial charge on any atom is -0.383 e. The highest BCUT2D eigenvalue weighted by Crippen LogP contribution is 2.12. The predicted molar refractivity (Wildman–Crippen MR) is 54.3 cm³/mol. The topological polar surface area (TPSA) is 81.1 Å². The van der Waals surface area contributed by atoms with Gasteiger partial charge < -0.3 is 16.4 Å². The molecule has 0 fully saturated rings. The van der Waals surface area contributed by atoms with Gasteiger partial charge >= 0.3 is 0 Å². The molecule has 0 amide bonds. The van der Waals surface area contributed by atoms with Gasteiger partial charge in [0.2, 0.25) is 5.95 Å². The molecule has 5 nitrogen and oxygen atoms in total. The summed E-state index contributed by atoms with van der Waals surface area (Å²) in [5.41, 5.74) is 10.9. The summed E-state index contributed by atoms with van der Waals surface area (Å²) in [5, 5.41) is 0. The summed E-state index contributed by atoms with van der Waals surface area (Å²) in [6.45, 7) is 4.31. The molecule has 5 heteroatoms. The number of likely N-dealkylation sites (N-methyl/N-ethyl adjacent to an activating group) is 1. The number of anilines is 3. The van der Waals surface area contributed by atoms with Gasteiger partial charge in [-0.1, -0.05) is 6.08 Å². The highest BCUT2D eigenvalue weighted by Gasteiger charge is 2.03. The van der Waals surface area contributed by atoms with Gasteiger partial charge in [0.1, 0.15) is 11.6 Å². The molecule has 13 heavy (non-hydrogen) atoms. The maximum absolute atomic E-state index is 5.51. The van der Waals surface area contributed by atoms with Crippen LogP contribution in [0.5, 0.6) is 0 Å². The Kier molecular flexibility index (Phi) is 2.69. The lowest BCUT2D eigenvalue weighted by molar-refractivity contribution is 0.983. The molecule has 0 aliphatic heterocycles. The van der Waals surface area contributed by atoms with Crippen LogP contribution in [0, 0.1) is 0 Å². The van der Waals surface area contributed by atoms with Crippen LogP contribution in [0.3, 0.4) is 0 Å². The minimum atomic E-state index is 0.186. The van der Waals surface area contributed by atoms with Gasteiger partial charge in [0.15, 0.2) is 0 Å². The molecule has 1 rings (SSSR count). The van der Waals surface area contributed by atoms with E-state index in [1.807, 2.05) is 11.9 Å². The Bertz CT molecular complexity index is 289. The standard InChI is InChI=1S/C8H13N5/c1-3-4-13(2)7-5-6(9)11-8(10)12-7/h3,5H,1,4H2,2H3,(H4,9,10,11,12). The quantitative estimate of drug-likeness (QED) is 0.650. The molecule has 0 radical (unpaired) electrons. The van der Waals surface area contributed by atoms with Crippen molar-refractivity contribution in [3.63, 3.8) is 0 Å². The maximum Gasteiger partial charge on any atom is 0.223 e. The van der Waals surface area contributed by atoms with E-state index in [0.29, 0.717) is 18.2 Å². The van der Waals surface area contributed by atoms with E-state index in [-0.39, 0.29) is 5.95 Å². The smallest absolute Gasteiger partial charge is 0.223 e. The summed E-state index contributed by atoms with van der Waals surface area (Å²) in [7, 11) is 1.88. The van der Waals surface area contributed by atoms with E-state index in [4.69, 9.17) is 11.5 Å². The van der Waals surface area contributed by atoms with Crippen molar-refractivity contribution < 1.29 is 0 Å². The van der Waals surface area contributed by atoms with E-state index >= 15 is 0 Å². The molecule has 0 aromatic carbocycles. The molecule has 0 saturated carbocycles. The van der Waals surface area contributed by atoms with Crippen molar-refractivity contribution in [2.75, 3.05) is 30.0 Å². The van der Waals surface area contributed by atoms with E-state index in [0.717, 1.165) is 0 Å². The number of nitrogens with two attached hydrogens (primary N) is 2. The third-order valence-electron chi connectivity index (χ3n) is 1.54. The molecule has 70 valence electrons. The van der Waals surface area contributed by atoms with Crippen LogP contribution >= 0.6 is 0 Å². The van der Waals surface area contributed by atoms with Crippen LogP contribution in [0.25, 0.3) is 0 Å². The van der Waals surface area contributed by atoms with Gasteiger partial charge in [0.05, 0.1) is 0 Å². The van der Waals surface area contributed by atoms with Crippen molar-refractivity contribution in [3.05, 3.63) is 18.7 Å². The minimum absolute atomic E-state index is 0.186. The maximum atomic E-state index is 5.51. The molecule has 0 bridgehead atoms. The van der Waals surface area contributed by atoms with Gasteiger partial charge in [0.25, 0.3) is 0 Å². The van der Waals surface area contributed by atoms with Crippen LogP contribution < -0.4 is 16.4 Å². The van der Waals surface area contributed by atoms with Crippen LogP contribution in [-0.4, -0.2) is 23.6 Å². The van der Waals surface area contributed by atoms with Crippen molar-refractivity contribution in [1.82, 2.24) is 9.97 Å². The van der Waals surface area contributed by atoms with Crippen LogP contribution in [0.15, 0.2) is 18.7 Å². The summed E-state index contributed by atoms with van der Waals surface area (Å²) in [6, 6.07) is 1.67. The second-order valence-corrected chi connectivity index (χ2v) is 2.68. The first-order valence-electron chi connectivity index (χ1n) is 3.85. The number of hydrogen-bond donors (Lipinski definition) is 2. The zero-order valence-electron chi connectivity index (χ0n) is 7.57. The Labute approximate surface area is 77.1 Å². The van der Waals surface area contributed by atoms with E-state index < -0.39 is 0 Å². The van der Waals surface area contributed by atoms with E-state index in [1.165, 1.54) is 0 Å². The highest BCUT2D eigenvalue weighted by atomic mass is 15.2. The molecule has 0 atom stereocenters. The third-order valence-corrected chi connectivity index (χ3v) is 1.54. The molecule has 1 heterocycles. The number of nitrogens with zero attached hydrogens (tertiary/aromatic N) is 3. The lowest BCUT2D eigenvalue weighted by atomic mass is 10.4. The molecule has 1 aromatic heterocycles. The first-order valence-corrected chi connectivity index (χ1v) is 3.85. The van der Waals surface area contributed by atoms with Gasteiger partial charge in [-0.15, -0.1) is 6.58 Å². The lowest BCUT2D eigenvalue weighted by Gasteiger charge is -2.15. The molecule has 0 spiro atoms. The molecule has 4 N–H and O–H groups in total. The average Bonchev–Trinajstić information content (AvgIpc) is 2.03. The molecule has 0 aliphatic carbocycles. The summed E-state index contributed by atoms with van der Waals surface area (Å²) in [6.07, 6.45) is 1.77. The number of hydrogen-bond acceptors (Lipinski definition) is 5. The number of nitrogen functional groups attached to an aromatic ring is 2. The normalized spacial score (nSPS) is 9.62. The van der Waals surface area contributed by atoms with Crippen molar-refractivity contribution in [3.8, 4) is 0 Å². The third kappa shape index (κ3) is 2.33. The fraction of sp³-hybridized carbons (Fsp3) is 0.250. The van der Waals surface area contributed by atoms with Crippen molar-refractivity contribution in [1.29, 1.82) is 0 Å². The number of aromatic nitrogens is 2. The monoisotopic (exact) mass is 179 g/mol. The highest BCUT2D eigenvalue weighted by molar-refractivity contribution is 5.50. The summed E-state index contributed by atoms with van der Waals surface area (Å²) in [4.78, 5) is 9.66. The van der Waals surface area contributed by atoms with Crippen molar-refractivity contribution >= 4 is 17.6 Å². The number of rotatable bonds is 3. The second-order valence-electron chi connectivity index (χ2n) is 2.68. The summed E-state index contributed by atoms with van der Waals surface area (Å²) >= 11 is 0. The van der Waals surface area contributed by atoms with Gasteiger partial charge in [-0.3, -0.25) is 0 Å². The predicted octanol–water partition coefficient (Wildman–Crippen LogP) is 0.263.